The third kappa shape index (κ3) is 4.76. The Kier molecular flexibility index (Phi) is 7.23. The molecule has 2 aromatic heterocycles. The quantitative estimate of drug-likeness (QED) is 0.355. The number of Topliss-reactive ketones (excluding diaryl/α,β-unsaturated/α-hetero) is 1. The molecule has 0 amide bonds. The Morgan fingerprint density at radius 1 is 1.25 bits per heavy atom. The molecule has 0 saturated carbocycles. The zero-order valence-electron chi connectivity index (χ0n) is 21.0. The number of hydrogen-bond acceptors (Lipinski definition) is 6. The summed E-state index contributed by atoms with van der Waals surface area (Å²) in [5.41, 5.74) is 0.00272. The highest BCUT2D eigenvalue weighted by atomic mass is 19.1. The van der Waals surface area contributed by atoms with Crippen molar-refractivity contribution < 1.29 is 18.7 Å². The number of ether oxygens (including phenoxy) is 1. The van der Waals surface area contributed by atoms with Crippen LogP contribution in [0.15, 0.2) is 21.7 Å². The van der Waals surface area contributed by atoms with E-state index in [1.54, 1.807) is 11.5 Å². The maximum atomic E-state index is 14.3. The maximum Gasteiger partial charge on any atom is 0.330 e. The first-order valence-electron chi connectivity index (χ1n) is 12.4. The number of benzene rings is 1. The molecule has 0 spiro atoms. The van der Waals surface area contributed by atoms with Gasteiger partial charge < -0.3 is 9.30 Å². The molecule has 9 nitrogen and oxygen atoms in total. The monoisotopic (exact) mass is 498 g/mol. The van der Waals surface area contributed by atoms with Crippen LogP contribution in [0.4, 0.5) is 4.39 Å². The van der Waals surface area contributed by atoms with E-state index in [4.69, 9.17) is 4.74 Å². The number of nitrogens with one attached hydrogen (secondary N) is 1. The van der Waals surface area contributed by atoms with Gasteiger partial charge in [-0.1, -0.05) is 34.1 Å². The number of aromatic nitrogens is 4. The van der Waals surface area contributed by atoms with E-state index in [2.05, 4.69) is 9.97 Å². The number of halogens is 1. The summed E-state index contributed by atoms with van der Waals surface area (Å²) in [7, 11) is 0. The number of unbranched alkanes of at least 4 members (excludes halogenated alkanes) is 1. The van der Waals surface area contributed by atoms with Crippen LogP contribution in [-0.4, -0.2) is 30.9 Å². The summed E-state index contributed by atoms with van der Waals surface area (Å²) in [6, 6.07) is 2.52. The van der Waals surface area contributed by atoms with E-state index in [0.717, 1.165) is 12.8 Å². The Labute approximate surface area is 207 Å². The van der Waals surface area contributed by atoms with Crippen LogP contribution in [0.25, 0.3) is 11.2 Å². The summed E-state index contributed by atoms with van der Waals surface area (Å²) >= 11 is 0. The smallest absolute Gasteiger partial charge is 0.330 e. The van der Waals surface area contributed by atoms with Gasteiger partial charge in [0.25, 0.3) is 5.56 Å². The number of imidazole rings is 1. The highest BCUT2D eigenvalue weighted by molar-refractivity contribution is 6.04. The van der Waals surface area contributed by atoms with Gasteiger partial charge in [0.1, 0.15) is 17.4 Å². The summed E-state index contributed by atoms with van der Waals surface area (Å²) in [6.45, 7) is 8.67. The van der Waals surface area contributed by atoms with Crippen molar-refractivity contribution in [2.45, 2.75) is 78.8 Å². The van der Waals surface area contributed by atoms with Gasteiger partial charge in [-0.25, -0.2) is 14.2 Å². The van der Waals surface area contributed by atoms with Crippen molar-refractivity contribution >= 4 is 22.9 Å². The number of hydrogen-bond donors (Lipinski definition) is 1. The van der Waals surface area contributed by atoms with Gasteiger partial charge in [0.2, 0.25) is 0 Å². The molecule has 36 heavy (non-hydrogen) atoms. The number of H-pyrrole nitrogens is 1. The predicted molar refractivity (Wildman–Crippen MR) is 132 cm³/mol. The predicted octanol–water partition coefficient (Wildman–Crippen LogP) is 3.71. The molecule has 192 valence electrons. The minimum atomic E-state index is -0.600. The minimum Gasteiger partial charge on any atom is -0.426 e. The maximum absolute atomic E-state index is 14.3. The molecule has 1 aliphatic rings. The molecule has 1 atom stereocenters. The summed E-state index contributed by atoms with van der Waals surface area (Å²) < 4.78 is 23.0. The van der Waals surface area contributed by atoms with Crippen LogP contribution >= 0.6 is 0 Å². The van der Waals surface area contributed by atoms with Crippen LogP contribution in [0, 0.1) is 11.7 Å². The molecule has 1 aliphatic carbocycles. The first kappa shape index (κ1) is 25.5. The second-order valence-corrected chi connectivity index (χ2v) is 9.81. The second-order valence-electron chi connectivity index (χ2n) is 9.81. The van der Waals surface area contributed by atoms with Crippen molar-refractivity contribution in [3.05, 3.63) is 55.7 Å². The van der Waals surface area contributed by atoms with Crippen molar-refractivity contribution in [1.82, 2.24) is 19.1 Å². The van der Waals surface area contributed by atoms with Crippen LogP contribution in [0.3, 0.4) is 0 Å². The van der Waals surface area contributed by atoms with E-state index < -0.39 is 23.0 Å². The van der Waals surface area contributed by atoms with Gasteiger partial charge in [-0.05, 0) is 30.4 Å². The van der Waals surface area contributed by atoms with E-state index in [1.807, 2.05) is 20.8 Å². The molecule has 1 unspecified atom stereocenters. The summed E-state index contributed by atoms with van der Waals surface area (Å²) in [4.78, 5) is 57.3. The molecule has 3 aromatic rings. The Morgan fingerprint density at radius 2 is 2.00 bits per heavy atom. The fourth-order valence-corrected chi connectivity index (χ4v) is 4.79. The molecule has 0 saturated heterocycles. The largest absolute Gasteiger partial charge is 0.426 e. The summed E-state index contributed by atoms with van der Waals surface area (Å²) in [5, 5.41) is 0. The molecule has 10 heteroatoms. The lowest BCUT2D eigenvalue weighted by atomic mass is 10.0. The fraction of sp³-hybridized carbons (Fsp3) is 0.500. The molecule has 2 heterocycles. The van der Waals surface area contributed by atoms with E-state index in [9.17, 15) is 23.6 Å². The molecule has 1 N–H and O–H groups in total. The third-order valence-corrected chi connectivity index (χ3v) is 6.44. The van der Waals surface area contributed by atoms with Crippen molar-refractivity contribution in [1.29, 1.82) is 0 Å². The van der Waals surface area contributed by atoms with Gasteiger partial charge in [-0.2, -0.15) is 0 Å². The van der Waals surface area contributed by atoms with Gasteiger partial charge in [-0.15, -0.1) is 0 Å². The van der Waals surface area contributed by atoms with Gasteiger partial charge in [-0.3, -0.25) is 23.9 Å². The highest BCUT2D eigenvalue weighted by Crippen LogP contribution is 2.39. The zero-order chi connectivity index (χ0) is 26.1. The minimum absolute atomic E-state index is 0.0614. The number of ketones is 1. The lowest BCUT2D eigenvalue weighted by Gasteiger charge is -2.12. The highest BCUT2D eigenvalue weighted by Gasteiger charge is 2.33. The van der Waals surface area contributed by atoms with Crippen LogP contribution in [0.1, 0.15) is 81.0 Å². The van der Waals surface area contributed by atoms with Gasteiger partial charge >= 0.3 is 11.7 Å². The van der Waals surface area contributed by atoms with E-state index in [0.29, 0.717) is 30.1 Å². The number of carbonyl (C=O) groups is 2. The van der Waals surface area contributed by atoms with E-state index >= 15 is 0 Å². The molecular weight excluding hydrogens is 467 g/mol. The third-order valence-electron chi connectivity index (χ3n) is 6.44. The Hall–Kier alpha value is -3.56. The number of fused-ring (bicyclic) bond motifs is 2. The summed E-state index contributed by atoms with van der Waals surface area (Å²) in [6.07, 6.45) is 1.88. The molecule has 0 bridgehead atoms. The van der Waals surface area contributed by atoms with Gasteiger partial charge in [0.05, 0.1) is 12.0 Å². The topological polar surface area (TPSA) is 116 Å². The first-order valence-corrected chi connectivity index (χ1v) is 12.4. The van der Waals surface area contributed by atoms with Crippen molar-refractivity contribution in [3.63, 3.8) is 0 Å². The number of aromatic amines is 1. The number of rotatable bonds is 9. The summed E-state index contributed by atoms with van der Waals surface area (Å²) in [5.74, 6) is -0.870. The average Bonchev–Trinajstić information content (AvgIpc) is 3.31. The molecule has 1 aromatic carbocycles. The number of aryl methyl sites for hydroxylation is 2. The fourth-order valence-electron chi connectivity index (χ4n) is 4.79. The van der Waals surface area contributed by atoms with Gasteiger partial charge in [0.15, 0.2) is 16.9 Å². The van der Waals surface area contributed by atoms with Gasteiger partial charge in [0, 0.05) is 31.5 Å². The molecule has 4 rings (SSSR count). The number of carbonyl (C=O) groups excluding carboxylic acids is 2. The average molecular weight is 499 g/mol. The molecule has 0 radical (unpaired) electrons. The number of esters is 1. The van der Waals surface area contributed by atoms with Crippen LogP contribution in [0.5, 0.6) is 5.75 Å². The molecule has 0 aliphatic heterocycles. The SMILES string of the molecule is CCCCn1c(=O)[nH]c(=O)c2c1nc(CCC(=O)Oc1ccc(F)c3c1C(=O)CC3C)n2CC(C)C. The van der Waals surface area contributed by atoms with Crippen LogP contribution in [-0.2, 0) is 24.3 Å². The van der Waals surface area contributed by atoms with Crippen LogP contribution in [0.2, 0.25) is 0 Å². The van der Waals surface area contributed by atoms with Crippen molar-refractivity contribution in [2.24, 2.45) is 5.92 Å². The standard InChI is InChI=1S/C26H31FN4O5/c1-5-6-11-30-24-23(25(34)29-26(30)35)31(13-14(2)3)19(28-24)9-10-20(33)36-18-8-7-16(27)21-15(4)12-17(32)22(18)21/h7-8,14-15H,5-6,9-13H2,1-4H3,(H,29,34,35). The Morgan fingerprint density at radius 3 is 2.69 bits per heavy atom. The lowest BCUT2D eigenvalue weighted by molar-refractivity contribution is -0.134. The Balaban J connectivity index is 1.63. The van der Waals surface area contributed by atoms with Crippen LogP contribution < -0.4 is 16.0 Å². The first-order chi connectivity index (χ1) is 17.1. The molecule has 0 fully saturated rings. The molecular formula is C26H31FN4O5. The van der Waals surface area contributed by atoms with E-state index in [-0.39, 0.29) is 53.8 Å². The number of nitrogens with zero attached hydrogens (tertiary/aromatic N) is 3. The van der Waals surface area contributed by atoms with E-state index in [1.165, 1.54) is 16.7 Å². The second kappa shape index (κ2) is 10.2. The lowest BCUT2D eigenvalue weighted by Crippen LogP contribution is -2.31. The Bertz CT molecular complexity index is 1450. The normalized spacial score (nSPS) is 15.2. The van der Waals surface area contributed by atoms with Crippen molar-refractivity contribution in [3.8, 4) is 5.75 Å². The zero-order valence-corrected chi connectivity index (χ0v) is 21.0. The van der Waals surface area contributed by atoms with Crippen molar-refractivity contribution in [2.75, 3.05) is 0 Å².